The van der Waals surface area contributed by atoms with Crippen LogP contribution in [0.25, 0.3) is 6.08 Å². The van der Waals surface area contributed by atoms with E-state index in [2.05, 4.69) is 11.9 Å². The topological polar surface area (TPSA) is 94.2 Å². The Labute approximate surface area is 208 Å². The van der Waals surface area contributed by atoms with Crippen molar-refractivity contribution in [2.45, 2.75) is 6.61 Å². The number of urea groups is 1. The molecule has 0 radical (unpaired) electrons. The normalized spacial score (nSPS) is 14.4. The fourth-order valence-corrected chi connectivity index (χ4v) is 3.51. The van der Waals surface area contributed by atoms with Crippen molar-refractivity contribution in [2.24, 2.45) is 0 Å². The Morgan fingerprint density at radius 1 is 0.917 bits per heavy atom. The van der Waals surface area contributed by atoms with E-state index in [0.29, 0.717) is 35.1 Å². The SMILES string of the molecule is C=CCOc1cc(OC)ccc1/C=C1\C(=O)NC(=O)N(c2ccc(OCc3ccccc3)cc2)C1=O. The number of nitrogens with one attached hydrogen (secondary N) is 1. The summed E-state index contributed by atoms with van der Waals surface area (Å²) in [6.45, 7) is 4.22. The highest BCUT2D eigenvalue weighted by Gasteiger charge is 2.37. The van der Waals surface area contributed by atoms with Crippen LogP contribution >= 0.6 is 0 Å². The molecule has 4 rings (SSSR count). The number of carbonyl (C=O) groups excluding carboxylic acids is 3. The van der Waals surface area contributed by atoms with E-state index in [1.54, 1.807) is 48.5 Å². The third-order valence-corrected chi connectivity index (χ3v) is 5.32. The number of anilines is 1. The Balaban J connectivity index is 1.57. The average molecular weight is 485 g/mol. The minimum absolute atomic E-state index is 0.215. The lowest BCUT2D eigenvalue weighted by molar-refractivity contribution is -0.122. The molecule has 0 atom stereocenters. The van der Waals surface area contributed by atoms with E-state index >= 15 is 0 Å². The molecule has 0 bridgehead atoms. The highest BCUT2D eigenvalue weighted by molar-refractivity contribution is 6.39. The van der Waals surface area contributed by atoms with E-state index in [4.69, 9.17) is 14.2 Å². The molecule has 0 spiro atoms. The monoisotopic (exact) mass is 484 g/mol. The summed E-state index contributed by atoms with van der Waals surface area (Å²) < 4.78 is 16.7. The second-order valence-corrected chi connectivity index (χ2v) is 7.73. The zero-order chi connectivity index (χ0) is 25.5. The van der Waals surface area contributed by atoms with Crippen LogP contribution in [0.4, 0.5) is 10.5 Å². The maximum absolute atomic E-state index is 13.3. The fourth-order valence-electron chi connectivity index (χ4n) is 3.51. The molecule has 1 saturated heterocycles. The van der Waals surface area contributed by atoms with Crippen LogP contribution in [0.2, 0.25) is 0 Å². The van der Waals surface area contributed by atoms with Crippen LogP contribution in [0.15, 0.2) is 91.0 Å². The van der Waals surface area contributed by atoms with E-state index < -0.39 is 17.8 Å². The van der Waals surface area contributed by atoms with Crippen molar-refractivity contribution >= 4 is 29.6 Å². The molecule has 182 valence electrons. The van der Waals surface area contributed by atoms with Crippen LogP contribution in [-0.2, 0) is 16.2 Å². The van der Waals surface area contributed by atoms with Gasteiger partial charge in [-0.15, -0.1) is 0 Å². The quantitative estimate of drug-likeness (QED) is 0.273. The van der Waals surface area contributed by atoms with Gasteiger partial charge >= 0.3 is 6.03 Å². The number of carbonyl (C=O) groups is 3. The molecule has 0 saturated carbocycles. The molecule has 1 fully saturated rings. The van der Waals surface area contributed by atoms with Crippen LogP contribution in [0.3, 0.4) is 0 Å². The van der Waals surface area contributed by atoms with Gasteiger partial charge in [-0.05, 0) is 48.0 Å². The summed E-state index contributed by atoms with van der Waals surface area (Å²) in [5.41, 5.74) is 1.55. The van der Waals surface area contributed by atoms with Crippen molar-refractivity contribution in [3.8, 4) is 17.2 Å². The summed E-state index contributed by atoms with van der Waals surface area (Å²) in [5, 5.41) is 2.22. The molecule has 4 amide bonds. The van der Waals surface area contributed by atoms with Gasteiger partial charge in [0.25, 0.3) is 11.8 Å². The van der Waals surface area contributed by atoms with Gasteiger partial charge in [0.1, 0.15) is 36.0 Å². The van der Waals surface area contributed by atoms with Crippen LogP contribution in [0, 0.1) is 0 Å². The predicted molar refractivity (Wildman–Crippen MR) is 135 cm³/mol. The van der Waals surface area contributed by atoms with Crippen molar-refractivity contribution in [2.75, 3.05) is 18.6 Å². The van der Waals surface area contributed by atoms with Crippen molar-refractivity contribution in [3.05, 3.63) is 102 Å². The number of rotatable bonds is 9. The number of methoxy groups -OCH3 is 1. The minimum Gasteiger partial charge on any atom is -0.497 e. The molecule has 1 aliphatic rings. The molecule has 36 heavy (non-hydrogen) atoms. The standard InChI is InChI=1S/C28H24N2O6/c1-3-15-35-25-17-23(34-2)12-9-20(25)16-24-26(31)29-28(33)30(27(24)32)21-10-13-22(14-11-21)36-18-19-7-5-4-6-8-19/h3-14,16-17H,1,15,18H2,2H3,(H,29,31,33)/b24-16+. The third-order valence-electron chi connectivity index (χ3n) is 5.32. The molecule has 1 aliphatic heterocycles. The highest BCUT2D eigenvalue weighted by atomic mass is 16.5. The van der Waals surface area contributed by atoms with E-state index in [-0.39, 0.29) is 12.2 Å². The summed E-state index contributed by atoms with van der Waals surface area (Å²) >= 11 is 0. The van der Waals surface area contributed by atoms with Gasteiger partial charge in [0.05, 0.1) is 12.8 Å². The van der Waals surface area contributed by atoms with Gasteiger partial charge < -0.3 is 14.2 Å². The van der Waals surface area contributed by atoms with Gasteiger partial charge in [-0.1, -0.05) is 43.0 Å². The van der Waals surface area contributed by atoms with E-state index in [9.17, 15) is 14.4 Å². The first kappa shape index (κ1) is 24.3. The Morgan fingerprint density at radius 2 is 1.64 bits per heavy atom. The number of benzene rings is 3. The maximum atomic E-state index is 13.3. The Morgan fingerprint density at radius 3 is 2.33 bits per heavy atom. The first-order valence-electron chi connectivity index (χ1n) is 11.1. The smallest absolute Gasteiger partial charge is 0.335 e. The van der Waals surface area contributed by atoms with Crippen molar-refractivity contribution in [3.63, 3.8) is 0 Å². The Kier molecular flexibility index (Phi) is 7.45. The number of imide groups is 2. The van der Waals surface area contributed by atoms with Crippen LogP contribution in [0.5, 0.6) is 17.2 Å². The van der Waals surface area contributed by atoms with Crippen LogP contribution in [-0.4, -0.2) is 31.6 Å². The van der Waals surface area contributed by atoms with Gasteiger partial charge in [-0.2, -0.15) is 0 Å². The molecule has 8 heteroatoms. The predicted octanol–water partition coefficient (Wildman–Crippen LogP) is 4.51. The molecule has 1 heterocycles. The number of hydrogen-bond acceptors (Lipinski definition) is 6. The number of hydrogen-bond donors (Lipinski definition) is 1. The minimum atomic E-state index is -0.835. The van der Waals surface area contributed by atoms with E-state index in [1.807, 2.05) is 30.3 Å². The Hall–Kier alpha value is -4.85. The molecule has 3 aromatic carbocycles. The molecule has 3 aromatic rings. The van der Waals surface area contributed by atoms with E-state index in [1.165, 1.54) is 13.2 Å². The van der Waals surface area contributed by atoms with E-state index in [0.717, 1.165) is 10.5 Å². The fraction of sp³-hybridized carbons (Fsp3) is 0.107. The molecular formula is C28H24N2O6. The van der Waals surface area contributed by atoms with Crippen molar-refractivity contribution in [1.29, 1.82) is 0 Å². The van der Waals surface area contributed by atoms with Crippen molar-refractivity contribution < 1.29 is 28.6 Å². The molecule has 1 N–H and O–H groups in total. The second kappa shape index (κ2) is 11.1. The maximum Gasteiger partial charge on any atom is 0.335 e. The summed E-state index contributed by atoms with van der Waals surface area (Å²) in [4.78, 5) is 39.3. The molecule has 0 aliphatic carbocycles. The zero-order valence-corrected chi connectivity index (χ0v) is 19.6. The number of ether oxygens (including phenoxy) is 3. The first-order chi connectivity index (χ1) is 17.5. The summed E-state index contributed by atoms with van der Waals surface area (Å²) in [6, 6.07) is 20.3. The van der Waals surface area contributed by atoms with Crippen LogP contribution in [0.1, 0.15) is 11.1 Å². The van der Waals surface area contributed by atoms with Crippen LogP contribution < -0.4 is 24.4 Å². The lowest BCUT2D eigenvalue weighted by Crippen LogP contribution is -2.54. The summed E-state index contributed by atoms with van der Waals surface area (Å²) in [7, 11) is 1.52. The number of amides is 4. The lowest BCUT2D eigenvalue weighted by atomic mass is 10.1. The molecule has 8 nitrogen and oxygen atoms in total. The summed E-state index contributed by atoms with van der Waals surface area (Å²) in [5.74, 6) is -0.0453. The molecular weight excluding hydrogens is 460 g/mol. The van der Waals surface area contributed by atoms with Gasteiger partial charge in [-0.25, -0.2) is 9.69 Å². The molecule has 0 unspecified atom stereocenters. The molecule has 0 aromatic heterocycles. The van der Waals surface area contributed by atoms with Crippen molar-refractivity contribution in [1.82, 2.24) is 5.32 Å². The average Bonchev–Trinajstić information content (AvgIpc) is 2.90. The van der Waals surface area contributed by atoms with Gasteiger partial charge in [0, 0.05) is 11.6 Å². The van der Waals surface area contributed by atoms with Gasteiger partial charge in [-0.3, -0.25) is 14.9 Å². The van der Waals surface area contributed by atoms with Gasteiger partial charge in [0.15, 0.2) is 0 Å². The van der Waals surface area contributed by atoms with Gasteiger partial charge in [0.2, 0.25) is 0 Å². The number of barbiturate groups is 1. The third kappa shape index (κ3) is 5.44. The highest BCUT2D eigenvalue weighted by Crippen LogP contribution is 2.29. The number of nitrogens with zero attached hydrogens (tertiary/aromatic N) is 1. The second-order valence-electron chi connectivity index (χ2n) is 7.73. The lowest BCUT2D eigenvalue weighted by Gasteiger charge is -2.26. The summed E-state index contributed by atoms with van der Waals surface area (Å²) in [6.07, 6.45) is 2.95. The first-order valence-corrected chi connectivity index (χ1v) is 11.1. The largest absolute Gasteiger partial charge is 0.497 e. The zero-order valence-electron chi connectivity index (χ0n) is 19.6. The Bertz CT molecular complexity index is 1320.